The Balaban J connectivity index is 2.01. The quantitative estimate of drug-likeness (QED) is 0.718. The summed E-state index contributed by atoms with van der Waals surface area (Å²) < 4.78 is 11.3. The second kappa shape index (κ2) is 7.53. The van der Waals surface area contributed by atoms with Gasteiger partial charge in [-0.25, -0.2) is 4.79 Å². The molecule has 126 valence electrons. The highest BCUT2D eigenvalue weighted by molar-refractivity contribution is 5.90. The third-order valence-corrected chi connectivity index (χ3v) is 3.88. The molecule has 3 rings (SSSR count). The van der Waals surface area contributed by atoms with Gasteiger partial charge >= 0.3 is 5.97 Å². The van der Waals surface area contributed by atoms with Crippen LogP contribution in [0.3, 0.4) is 0 Å². The SMILES string of the molecule is COc1ccc(C(Oc2ccccc2C(=O)O)c2ccccc2)cc1. The Morgan fingerprint density at radius 2 is 1.44 bits per heavy atom. The van der Waals surface area contributed by atoms with Crippen molar-refractivity contribution in [3.63, 3.8) is 0 Å². The summed E-state index contributed by atoms with van der Waals surface area (Å²) in [4.78, 5) is 11.5. The number of benzene rings is 3. The zero-order chi connectivity index (χ0) is 17.6. The Kier molecular flexibility index (Phi) is 5.00. The first-order valence-electron chi connectivity index (χ1n) is 7.87. The van der Waals surface area contributed by atoms with Gasteiger partial charge < -0.3 is 14.6 Å². The summed E-state index contributed by atoms with van der Waals surface area (Å²) in [5, 5.41) is 9.39. The molecule has 0 fully saturated rings. The first-order chi connectivity index (χ1) is 12.2. The summed E-state index contributed by atoms with van der Waals surface area (Å²) in [6.07, 6.45) is -0.424. The zero-order valence-electron chi connectivity index (χ0n) is 13.8. The molecule has 0 amide bonds. The van der Waals surface area contributed by atoms with E-state index >= 15 is 0 Å². The average molecular weight is 334 g/mol. The Hall–Kier alpha value is -3.27. The van der Waals surface area contributed by atoms with Crippen molar-refractivity contribution < 1.29 is 19.4 Å². The number of carboxylic acids is 1. The molecule has 0 spiro atoms. The van der Waals surface area contributed by atoms with Crippen LogP contribution in [-0.2, 0) is 0 Å². The highest BCUT2D eigenvalue weighted by Crippen LogP contribution is 2.31. The third-order valence-electron chi connectivity index (χ3n) is 3.88. The van der Waals surface area contributed by atoms with E-state index in [2.05, 4.69) is 0 Å². The maximum atomic E-state index is 11.5. The van der Waals surface area contributed by atoms with Crippen LogP contribution in [0.25, 0.3) is 0 Å². The molecule has 25 heavy (non-hydrogen) atoms. The van der Waals surface area contributed by atoms with Crippen LogP contribution in [0, 0.1) is 0 Å². The molecule has 0 saturated carbocycles. The lowest BCUT2D eigenvalue weighted by Crippen LogP contribution is -2.12. The molecular weight excluding hydrogens is 316 g/mol. The van der Waals surface area contributed by atoms with Gasteiger partial charge in [-0.15, -0.1) is 0 Å². The average Bonchev–Trinajstić information content (AvgIpc) is 2.67. The highest BCUT2D eigenvalue weighted by Gasteiger charge is 2.19. The van der Waals surface area contributed by atoms with Crippen LogP contribution >= 0.6 is 0 Å². The predicted octanol–water partition coefficient (Wildman–Crippen LogP) is 4.56. The van der Waals surface area contributed by atoms with Crippen LogP contribution in [0.15, 0.2) is 78.9 Å². The molecule has 3 aromatic rings. The number of methoxy groups -OCH3 is 1. The van der Waals surface area contributed by atoms with Crippen molar-refractivity contribution in [2.24, 2.45) is 0 Å². The van der Waals surface area contributed by atoms with Crippen molar-refractivity contribution in [1.82, 2.24) is 0 Å². The fourth-order valence-electron chi connectivity index (χ4n) is 2.61. The minimum Gasteiger partial charge on any atom is -0.497 e. The fourth-order valence-corrected chi connectivity index (χ4v) is 2.61. The number of para-hydroxylation sites is 1. The molecule has 0 radical (unpaired) electrons. The van der Waals surface area contributed by atoms with Gasteiger partial charge in [0.05, 0.1) is 7.11 Å². The van der Waals surface area contributed by atoms with Gasteiger partial charge in [0.25, 0.3) is 0 Å². The van der Waals surface area contributed by atoms with Gasteiger partial charge in [0.15, 0.2) is 0 Å². The van der Waals surface area contributed by atoms with Gasteiger partial charge in [-0.2, -0.15) is 0 Å². The number of carboxylic acid groups (broad SMARTS) is 1. The number of hydrogen-bond acceptors (Lipinski definition) is 3. The molecule has 0 saturated heterocycles. The van der Waals surface area contributed by atoms with E-state index in [0.717, 1.165) is 16.9 Å². The van der Waals surface area contributed by atoms with Crippen molar-refractivity contribution in [2.75, 3.05) is 7.11 Å². The van der Waals surface area contributed by atoms with E-state index in [1.54, 1.807) is 25.3 Å². The molecule has 4 heteroatoms. The van der Waals surface area contributed by atoms with E-state index in [9.17, 15) is 9.90 Å². The second-order valence-electron chi connectivity index (χ2n) is 5.48. The predicted molar refractivity (Wildman–Crippen MR) is 95.3 cm³/mol. The molecule has 4 nitrogen and oxygen atoms in total. The van der Waals surface area contributed by atoms with Gasteiger partial charge in [0.1, 0.15) is 23.2 Å². The monoisotopic (exact) mass is 334 g/mol. The Morgan fingerprint density at radius 3 is 2.08 bits per heavy atom. The summed E-state index contributed by atoms with van der Waals surface area (Å²) in [6.45, 7) is 0. The van der Waals surface area contributed by atoms with E-state index in [-0.39, 0.29) is 5.56 Å². The van der Waals surface area contributed by atoms with Crippen molar-refractivity contribution >= 4 is 5.97 Å². The smallest absolute Gasteiger partial charge is 0.339 e. The van der Waals surface area contributed by atoms with Crippen LogP contribution < -0.4 is 9.47 Å². The van der Waals surface area contributed by atoms with Gasteiger partial charge in [-0.05, 0) is 35.4 Å². The minimum atomic E-state index is -1.02. The first-order valence-corrected chi connectivity index (χ1v) is 7.87. The zero-order valence-corrected chi connectivity index (χ0v) is 13.8. The van der Waals surface area contributed by atoms with Crippen molar-refractivity contribution in [3.05, 3.63) is 95.6 Å². The van der Waals surface area contributed by atoms with Crippen molar-refractivity contribution in [1.29, 1.82) is 0 Å². The Bertz CT molecular complexity index is 841. The van der Waals surface area contributed by atoms with Gasteiger partial charge in [-0.3, -0.25) is 0 Å². The van der Waals surface area contributed by atoms with E-state index in [1.165, 1.54) is 6.07 Å². The molecule has 0 aliphatic carbocycles. The largest absolute Gasteiger partial charge is 0.497 e. The number of rotatable bonds is 6. The molecule has 1 N–H and O–H groups in total. The second-order valence-corrected chi connectivity index (χ2v) is 5.48. The van der Waals surface area contributed by atoms with E-state index < -0.39 is 12.1 Å². The van der Waals surface area contributed by atoms with Crippen LogP contribution in [0.5, 0.6) is 11.5 Å². The van der Waals surface area contributed by atoms with Crippen LogP contribution in [0.1, 0.15) is 27.6 Å². The van der Waals surface area contributed by atoms with Gasteiger partial charge in [-0.1, -0.05) is 54.6 Å². The lowest BCUT2D eigenvalue weighted by Gasteiger charge is -2.21. The lowest BCUT2D eigenvalue weighted by atomic mass is 10.0. The molecule has 1 atom stereocenters. The standard InChI is InChI=1S/C21H18O4/c1-24-17-13-11-16(12-14-17)20(15-7-3-2-4-8-15)25-19-10-6-5-9-18(19)21(22)23/h2-14,20H,1H3,(H,22,23). The minimum absolute atomic E-state index is 0.136. The molecule has 0 aromatic heterocycles. The highest BCUT2D eigenvalue weighted by atomic mass is 16.5. The summed E-state index contributed by atoms with van der Waals surface area (Å²) in [5.74, 6) is 0.0679. The van der Waals surface area contributed by atoms with E-state index in [1.807, 2.05) is 54.6 Å². The maximum Gasteiger partial charge on any atom is 0.339 e. The normalized spacial score (nSPS) is 11.6. The summed E-state index contributed by atoms with van der Waals surface area (Å²) in [6, 6.07) is 23.9. The fraction of sp³-hybridized carbons (Fsp3) is 0.0952. The molecule has 0 bridgehead atoms. The number of hydrogen-bond donors (Lipinski definition) is 1. The lowest BCUT2D eigenvalue weighted by molar-refractivity contribution is 0.0690. The molecule has 1 unspecified atom stereocenters. The number of carbonyl (C=O) groups is 1. The summed E-state index contributed by atoms with van der Waals surface area (Å²) >= 11 is 0. The summed E-state index contributed by atoms with van der Waals surface area (Å²) in [5.41, 5.74) is 1.98. The number of aromatic carboxylic acids is 1. The van der Waals surface area contributed by atoms with Crippen LogP contribution in [0.4, 0.5) is 0 Å². The van der Waals surface area contributed by atoms with Crippen LogP contribution in [0.2, 0.25) is 0 Å². The van der Waals surface area contributed by atoms with Crippen molar-refractivity contribution in [3.8, 4) is 11.5 Å². The molecule has 0 aliphatic heterocycles. The Labute approximate surface area is 146 Å². The van der Waals surface area contributed by atoms with Crippen LogP contribution in [-0.4, -0.2) is 18.2 Å². The number of ether oxygens (including phenoxy) is 2. The Morgan fingerprint density at radius 1 is 0.840 bits per heavy atom. The van der Waals surface area contributed by atoms with Gasteiger partial charge in [0, 0.05) is 0 Å². The maximum absolute atomic E-state index is 11.5. The summed E-state index contributed by atoms with van der Waals surface area (Å²) in [7, 11) is 1.61. The first kappa shape index (κ1) is 16.6. The molecular formula is C21H18O4. The topological polar surface area (TPSA) is 55.8 Å². The molecule has 0 heterocycles. The van der Waals surface area contributed by atoms with E-state index in [0.29, 0.717) is 5.75 Å². The van der Waals surface area contributed by atoms with E-state index in [4.69, 9.17) is 9.47 Å². The third kappa shape index (κ3) is 3.80. The molecule has 0 aliphatic rings. The van der Waals surface area contributed by atoms with Gasteiger partial charge in [0.2, 0.25) is 0 Å². The van der Waals surface area contributed by atoms with Crippen molar-refractivity contribution in [2.45, 2.75) is 6.10 Å². The molecule has 3 aromatic carbocycles.